The van der Waals surface area contributed by atoms with E-state index in [1.807, 2.05) is 28.9 Å². The maximum absolute atomic E-state index is 12.6. The van der Waals surface area contributed by atoms with Crippen molar-refractivity contribution in [3.63, 3.8) is 0 Å². The Labute approximate surface area is 199 Å². The Kier molecular flexibility index (Phi) is 5.72. The van der Waals surface area contributed by atoms with Crippen molar-refractivity contribution in [2.45, 2.75) is 38.8 Å². The summed E-state index contributed by atoms with van der Waals surface area (Å²) in [6.45, 7) is 2.79. The van der Waals surface area contributed by atoms with Crippen LogP contribution in [0.2, 0.25) is 0 Å². The van der Waals surface area contributed by atoms with Crippen LogP contribution in [0.3, 0.4) is 0 Å². The highest BCUT2D eigenvalue weighted by molar-refractivity contribution is 9.10. The van der Waals surface area contributed by atoms with Gasteiger partial charge in [-0.15, -0.1) is 0 Å². The number of hydrogen-bond donors (Lipinski definition) is 2. The maximum Gasteiger partial charge on any atom is 0.254 e. The molecule has 0 radical (unpaired) electrons. The van der Waals surface area contributed by atoms with Crippen LogP contribution in [0.25, 0.3) is 11.2 Å². The summed E-state index contributed by atoms with van der Waals surface area (Å²) < 4.78 is 4.91. The quantitative estimate of drug-likeness (QED) is 0.295. The topological polar surface area (TPSA) is 102 Å². The lowest BCUT2D eigenvalue weighted by Crippen LogP contribution is -2.26. The van der Waals surface area contributed by atoms with Gasteiger partial charge in [0.2, 0.25) is 0 Å². The van der Waals surface area contributed by atoms with Crippen molar-refractivity contribution in [2.75, 3.05) is 0 Å². The molecule has 1 aliphatic rings. The Morgan fingerprint density at radius 3 is 2.97 bits per heavy atom. The van der Waals surface area contributed by atoms with Crippen molar-refractivity contribution in [3.8, 4) is 0 Å². The Hall–Kier alpha value is -3.46. The second-order valence-electron chi connectivity index (χ2n) is 8.29. The number of hydrogen-bond acceptors (Lipinski definition) is 5. The number of nitrogens with zero attached hydrogens (tertiary/aromatic N) is 5. The molecule has 0 saturated heterocycles. The third-order valence-corrected chi connectivity index (χ3v) is 6.32. The number of amides is 1. The molecule has 33 heavy (non-hydrogen) atoms. The summed E-state index contributed by atoms with van der Waals surface area (Å²) in [5.41, 5.74) is 12.1. The molecule has 1 amide bonds. The van der Waals surface area contributed by atoms with Gasteiger partial charge in [-0.1, -0.05) is 15.9 Å². The van der Waals surface area contributed by atoms with E-state index in [9.17, 15) is 4.79 Å². The van der Waals surface area contributed by atoms with Crippen LogP contribution in [-0.4, -0.2) is 30.9 Å². The van der Waals surface area contributed by atoms with Crippen LogP contribution in [-0.2, 0) is 17.9 Å². The average Bonchev–Trinajstić information content (AvgIpc) is 3.45. The van der Waals surface area contributed by atoms with Crippen LogP contribution in [0.15, 0.2) is 64.4 Å². The van der Waals surface area contributed by atoms with E-state index in [1.165, 1.54) is 36.4 Å². The van der Waals surface area contributed by atoms with Crippen LogP contribution < -0.4 is 11.1 Å². The number of nitrogens with two attached hydrogens (primary N) is 1. The number of aryl methyl sites for hydroxylation is 1. The van der Waals surface area contributed by atoms with E-state index >= 15 is 0 Å². The average molecular weight is 506 g/mol. The first kappa shape index (κ1) is 21.4. The summed E-state index contributed by atoms with van der Waals surface area (Å²) >= 11 is 3.46. The molecule has 4 aromatic rings. The molecule has 0 spiro atoms. The molecule has 9 heteroatoms. The molecular weight excluding hydrogens is 482 g/mol. The molecule has 1 aliphatic carbocycles. The van der Waals surface area contributed by atoms with Crippen LogP contribution in [0.4, 0.5) is 0 Å². The first-order valence-electron chi connectivity index (χ1n) is 10.8. The zero-order valence-electron chi connectivity index (χ0n) is 18.2. The number of aromatic nitrogens is 4. The van der Waals surface area contributed by atoms with Crippen molar-refractivity contribution >= 4 is 39.2 Å². The van der Waals surface area contributed by atoms with Crippen LogP contribution >= 0.6 is 15.9 Å². The van der Waals surface area contributed by atoms with Gasteiger partial charge in [0.15, 0.2) is 0 Å². The lowest BCUT2D eigenvalue weighted by atomic mass is 10.1. The highest BCUT2D eigenvalue weighted by Crippen LogP contribution is 2.41. The number of nitrogens with one attached hydrogen (secondary N) is 1. The highest BCUT2D eigenvalue weighted by Gasteiger charge is 2.25. The molecule has 168 valence electrons. The number of pyridine rings is 2. The SMILES string of the molecule is Cc1cc2nc(CN=C/C(=C\N)C(=O)NCc3ncn4ccc(Br)cc34)cn2cc1C1CC1. The lowest BCUT2D eigenvalue weighted by molar-refractivity contribution is -0.117. The molecule has 0 unspecified atom stereocenters. The summed E-state index contributed by atoms with van der Waals surface area (Å²) in [7, 11) is 0. The minimum Gasteiger partial charge on any atom is -0.404 e. The van der Waals surface area contributed by atoms with E-state index in [0.29, 0.717) is 12.5 Å². The maximum atomic E-state index is 12.6. The van der Waals surface area contributed by atoms with Crippen molar-refractivity contribution < 1.29 is 4.79 Å². The zero-order chi connectivity index (χ0) is 22.9. The normalized spacial score (nSPS) is 14.5. The van der Waals surface area contributed by atoms with Gasteiger partial charge in [-0.05, 0) is 55.0 Å². The Balaban J connectivity index is 1.22. The van der Waals surface area contributed by atoms with Crippen molar-refractivity contribution in [1.29, 1.82) is 0 Å². The largest absolute Gasteiger partial charge is 0.404 e. The fraction of sp³-hybridized carbons (Fsp3) is 0.250. The predicted molar refractivity (Wildman–Crippen MR) is 131 cm³/mol. The summed E-state index contributed by atoms with van der Waals surface area (Å²) in [5.74, 6) is 0.382. The first-order valence-corrected chi connectivity index (χ1v) is 11.6. The third kappa shape index (κ3) is 4.54. The standard InChI is InChI=1S/C24H24BrN7O/c1-15-6-23-30-19(12-32(23)13-20(15)16-2-3-16)10-27-9-17(8-26)24(33)28-11-21-22-7-18(25)4-5-31(22)14-29-21/h4-9,12-14,16H,2-3,10-11,26H2,1H3,(H,28,33)/b17-8+,27-9?. The number of imidazole rings is 2. The van der Waals surface area contributed by atoms with Crippen molar-refractivity contribution in [3.05, 3.63) is 81.9 Å². The lowest BCUT2D eigenvalue weighted by Gasteiger charge is -2.04. The van der Waals surface area contributed by atoms with Gasteiger partial charge in [-0.2, -0.15) is 0 Å². The molecule has 0 atom stereocenters. The number of carbonyl (C=O) groups excluding carboxylic acids is 1. The molecule has 0 aromatic carbocycles. The van der Waals surface area contributed by atoms with E-state index in [0.717, 1.165) is 27.0 Å². The van der Waals surface area contributed by atoms with Crippen molar-refractivity contribution in [2.24, 2.45) is 10.7 Å². The zero-order valence-corrected chi connectivity index (χ0v) is 19.8. The van der Waals surface area contributed by atoms with E-state index in [-0.39, 0.29) is 18.0 Å². The van der Waals surface area contributed by atoms with Gasteiger partial charge in [-0.25, -0.2) is 9.97 Å². The van der Waals surface area contributed by atoms with Gasteiger partial charge in [0.25, 0.3) is 5.91 Å². The van der Waals surface area contributed by atoms with E-state index in [2.05, 4.69) is 59.8 Å². The Morgan fingerprint density at radius 2 is 2.18 bits per heavy atom. The molecule has 0 bridgehead atoms. The van der Waals surface area contributed by atoms with Gasteiger partial charge < -0.3 is 19.9 Å². The third-order valence-electron chi connectivity index (χ3n) is 5.83. The summed E-state index contributed by atoms with van der Waals surface area (Å²) in [6.07, 6.45) is 13.1. The van der Waals surface area contributed by atoms with Crippen LogP contribution in [0.1, 0.15) is 41.3 Å². The number of halogens is 1. The van der Waals surface area contributed by atoms with Crippen LogP contribution in [0.5, 0.6) is 0 Å². The minimum atomic E-state index is -0.308. The molecule has 4 aromatic heterocycles. The van der Waals surface area contributed by atoms with E-state index < -0.39 is 0 Å². The summed E-state index contributed by atoms with van der Waals surface area (Å²) in [4.78, 5) is 26.0. The molecular formula is C24H24BrN7O. The van der Waals surface area contributed by atoms with Gasteiger partial charge in [0.05, 0.1) is 41.9 Å². The number of carbonyl (C=O) groups is 1. The molecule has 5 rings (SSSR count). The summed E-state index contributed by atoms with van der Waals surface area (Å²) in [5, 5.41) is 2.86. The minimum absolute atomic E-state index is 0.284. The second-order valence-corrected chi connectivity index (χ2v) is 9.20. The van der Waals surface area contributed by atoms with Crippen molar-refractivity contribution in [1.82, 2.24) is 24.1 Å². The number of aliphatic imine (C=N–C) groups is 1. The molecule has 3 N–H and O–H groups in total. The van der Waals surface area contributed by atoms with Gasteiger partial charge in [-0.3, -0.25) is 9.79 Å². The van der Waals surface area contributed by atoms with Gasteiger partial charge in [0, 0.05) is 35.5 Å². The fourth-order valence-electron chi connectivity index (χ4n) is 3.93. The molecule has 1 saturated carbocycles. The number of fused-ring (bicyclic) bond motifs is 2. The molecule has 0 aliphatic heterocycles. The molecule has 8 nitrogen and oxygen atoms in total. The Bertz CT molecular complexity index is 1410. The number of rotatable bonds is 7. The second kappa shape index (κ2) is 8.82. The smallest absolute Gasteiger partial charge is 0.254 e. The van der Waals surface area contributed by atoms with Gasteiger partial charge >= 0.3 is 0 Å². The predicted octanol–water partition coefficient (Wildman–Crippen LogP) is 3.66. The van der Waals surface area contributed by atoms with Gasteiger partial charge in [0.1, 0.15) is 5.65 Å². The Morgan fingerprint density at radius 1 is 1.33 bits per heavy atom. The first-order chi connectivity index (χ1) is 16.0. The van der Waals surface area contributed by atoms with E-state index in [4.69, 9.17) is 5.73 Å². The fourth-order valence-corrected chi connectivity index (χ4v) is 4.27. The van der Waals surface area contributed by atoms with E-state index in [1.54, 1.807) is 6.33 Å². The summed E-state index contributed by atoms with van der Waals surface area (Å²) in [6, 6.07) is 6.01. The monoisotopic (exact) mass is 505 g/mol. The highest BCUT2D eigenvalue weighted by atomic mass is 79.9. The van der Waals surface area contributed by atoms with Crippen LogP contribution in [0, 0.1) is 6.92 Å². The molecule has 1 fully saturated rings. The molecule has 4 heterocycles.